The van der Waals surface area contributed by atoms with Crippen molar-refractivity contribution in [1.29, 1.82) is 0 Å². The van der Waals surface area contributed by atoms with Gasteiger partial charge in [0.25, 0.3) is 5.91 Å². The molecule has 0 radical (unpaired) electrons. The van der Waals surface area contributed by atoms with Crippen LogP contribution in [0.4, 0.5) is 4.39 Å². The fourth-order valence-electron chi connectivity index (χ4n) is 3.75. The molecule has 5 nitrogen and oxygen atoms in total. The van der Waals surface area contributed by atoms with Gasteiger partial charge in [0.1, 0.15) is 11.9 Å². The van der Waals surface area contributed by atoms with Crippen LogP contribution in [0.2, 0.25) is 0 Å². The molecule has 0 fully saturated rings. The molecule has 1 aliphatic rings. The van der Waals surface area contributed by atoms with Crippen molar-refractivity contribution in [3.8, 4) is 11.5 Å². The lowest BCUT2D eigenvalue weighted by Crippen LogP contribution is -3.13. The van der Waals surface area contributed by atoms with Crippen LogP contribution in [0.15, 0.2) is 49.1 Å². The number of nitrogens with one attached hydrogen (secondary N) is 2. The Labute approximate surface area is 164 Å². The second-order valence-electron chi connectivity index (χ2n) is 6.83. The van der Waals surface area contributed by atoms with E-state index in [1.165, 1.54) is 34.7 Å². The van der Waals surface area contributed by atoms with E-state index in [1.807, 2.05) is 18.2 Å². The van der Waals surface area contributed by atoms with E-state index in [-0.39, 0.29) is 17.8 Å². The first-order chi connectivity index (χ1) is 13.6. The third-order valence-electron chi connectivity index (χ3n) is 5.21. The lowest BCUT2D eigenvalue weighted by molar-refractivity contribution is -0.927. The maximum atomic E-state index is 13.1. The first-order valence-electron chi connectivity index (χ1n) is 9.31. The summed E-state index contributed by atoms with van der Waals surface area (Å²) in [6.07, 6.45) is 2.82. The van der Waals surface area contributed by atoms with Gasteiger partial charge in [0.2, 0.25) is 0 Å². The molecule has 1 amide bonds. The number of carbonyl (C=O) groups excluding carboxylic acids is 1. The van der Waals surface area contributed by atoms with Crippen molar-refractivity contribution >= 4 is 5.91 Å². The van der Waals surface area contributed by atoms with Crippen LogP contribution in [0.3, 0.4) is 0 Å². The molecule has 0 bridgehead atoms. The molecule has 148 valence electrons. The third kappa shape index (κ3) is 4.17. The van der Waals surface area contributed by atoms with E-state index >= 15 is 0 Å². The average molecular weight is 385 g/mol. The quantitative estimate of drug-likeness (QED) is 0.717. The van der Waals surface area contributed by atoms with Crippen molar-refractivity contribution < 1.29 is 23.6 Å². The molecule has 0 saturated carbocycles. The highest BCUT2D eigenvalue weighted by atomic mass is 19.1. The average Bonchev–Trinajstić information content (AvgIpc) is 2.72. The molecule has 0 spiro atoms. The van der Waals surface area contributed by atoms with Gasteiger partial charge >= 0.3 is 0 Å². The van der Waals surface area contributed by atoms with Gasteiger partial charge in [-0.1, -0.05) is 6.58 Å². The monoisotopic (exact) mass is 385 g/mol. The predicted octanol–water partition coefficient (Wildman–Crippen LogP) is 1.94. The lowest BCUT2D eigenvalue weighted by Gasteiger charge is -2.34. The normalized spacial score (nSPS) is 18.1. The zero-order valence-corrected chi connectivity index (χ0v) is 16.3. The van der Waals surface area contributed by atoms with Crippen LogP contribution in [0, 0.1) is 5.82 Å². The molecular formula is C22H26FN2O3+. The van der Waals surface area contributed by atoms with Crippen LogP contribution in [0.1, 0.15) is 27.5 Å². The number of methoxy groups -OCH3 is 2. The fraction of sp³-hybridized carbons (Fsp3) is 0.318. The Hall–Kier alpha value is -2.86. The maximum absolute atomic E-state index is 13.1. The van der Waals surface area contributed by atoms with Gasteiger partial charge < -0.3 is 19.7 Å². The molecule has 1 aliphatic heterocycles. The molecule has 2 aromatic carbocycles. The highest BCUT2D eigenvalue weighted by Gasteiger charge is 2.32. The number of rotatable bonds is 7. The molecule has 1 heterocycles. The summed E-state index contributed by atoms with van der Waals surface area (Å²) in [6, 6.07) is 9.64. The molecule has 0 aromatic heterocycles. The summed E-state index contributed by atoms with van der Waals surface area (Å²) >= 11 is 0. The number of hydrogen-bond acceptors (Lipinski definition) is 3. The van der Waals surface area contributed by atoms with E-state index in [2.05, 4.69) is 11.9 Å². The number of benzene rings is 2. The SMILES string of the molecule is C=CC[NH+]1CCc2cc(OC)c(OC)cc2[C@@H]1CNC(=O)c1ccc(F)cc1. The van der Waals surface area contributed by atoms with Crippen LogP contribution in [-0.2, 0) is 6.42 Å². The summed E-state index contributed by atoms with van der Waals surface area (Å²) in [5, 5.41) is 2.99. The van der Waals surface area contributed by atoms with Crippen molar-refractivity contribution in [2.24, 2.45) is 0 Å². The Morgan fingerprint density at radius 2 is 1.93 bits per heavy atom. The fourth-order valence-corrected chi connectivity index (χ4v) is 3.75. The molecule has 3 rings (SSSR count). The number of hydrogen-bond donors (Lipinski definition) is 2. The number of quaternary nitrogens is 1. The predicted molar refractivity (Wildman–Crippen MR) is 106 cm³/mol. The zero-order valence-electron chi connectivity index (χ0n) is 16.3. The van der Waals surface area contributed by atoms with E-state index in [0.717, 1.165) is 25.1 Å². The molecule has 1 unspecified atom stereocenters. The first kappa shape index (κ1) is 19.9. The highest BCUT2D eigenvalue weighted by Crippen LogP contribution is 2.34. The van der Waals surface area contributed by atoms with E-state index in [4.69, 9.17) is 9.47 Å². The summed E-state index contributed by atoms with van der Waals surface area (Å²) in [5.41, 5.74) is 2.78. The molecule has 6 heteroatoms. The summed E-state index contributed by atoms with van der Waals surface area (Å²) in [6.45, 7) is 6.06. The topological polar surface area (TPSA) is 52.0 Å². The van der Waals surface area contributed by atoms with Crippen LogP contribution >= 0.6 is 0 Å². The van der Waals surface area contributed by atoms with Gasteiger partial charge in [0.05, 0.1) is 33.9 Å². The third-order valence-corrected chi connectivity index (χ3v) is 5.21. The summed E-state index contributed by atoms with van der Waals surface area (Å²) in [5.74, 6) is 0.810. The number of fused-ring (bicyclic) bond motifs is 1. The summed E-state index contributed by atoms with van der Waals surface area (Å²) in [7, 11) is 3.25. The zero-order chi connectivity index (χ0) is 20.1. The van der Waals surface area contributed by atoms with Crippen LogP contribution in [0.5, 0.6) is 11.5 Å². The van der Waals surface area contributed by atoms with Gasteiger partial charge in [-0.25, -0.2) is 4.39 Å². The second kappa shape index (κ2) is 8.89. The minimum Gasteiger partial charge on any atom is -0.493 e. The highest BCUT2D eigenvalue weighted by molar-refractivity contribution is 5.94. The Morgan fingerprint density at radius 1 is 1.25 bits per heavy atom. The smallest absolute Gasteiger partial charge is 0.251 e. The molecule has 2 atom stereocenters. The van der Waals surface area contributed by atoms with Crippen molar-refractivity contribution in [2.75, 3.05) is 33.9 Å². The minimum absolute atomic E-state index is 0.0611. The molecule has 28 heavy (non-hydrogen) atoms. The standard InChI is InChI=1S/C22H25FN2O3/c1-4-10-25-11-9-16-12-20(27-2)21(28-3)13-18(16)19(25)14-24-22(26)15-5-7-17(23)8-6-15/h4-8,12-13,19H,1,9-11,14H2,2-3H3,(H,24,26)/p+1/t19-/m0/s1. The Morgan fingerprint density at radius 3 is 2.57 bits per heavy atom. The molecule has 2 aromatic rings. The van der Waals surface area contributed by atoms with Gasteiger partial charge in [-0.05, 0) is 48.0 Å². The van der Waals surface area contributed by atoms with E-state index < -0.39 is 0 Å². The number of amides is 1. The molecule has 2 N–H and O–H groups in total. The second-order valence-corrected chi connectivity index (χ2v) is 6.83. The Balaban J connectivity index is 1.85. The van der Waals surface area contributed by atoms with Gasteiger partial charge in [0.15, 0.2) is 11.5 Å². The van der Waals surface area contributed by atoms with Crippen LogP contribution in [-0.4, -0.2) is 39.8 Å². The first-order valence-corrected chi connectivity index (χ1v) is 9.31. The summed E-state index contributed by atoms with van der Waals surface area (Å²) in [4.78, 5) is 13.8. The van der Waals surface area contributed by atoms with E-state index in [1.54, 1.807) is 14.2 Å². The van der Waals surface area contributed by atoms with Crippen molar-refractivity contribution in [3.63, 3.8) is 0 Å². The van der Waals surface area contributed by atoms with Crippen molar-refractivity contribution in [2.45, 2.75) is 12.5 Å². The number of ether oxygens (including phenoxy) is 2. The minimum atomic E-state index is -0.361. The van der Waals surface area contributed by atoms with Gasteiger partial charge in [-0.3, -0.25) is 4.79 Å². The van der Waals surface area contributed by atoms with Gasteiger partial charge in [-0.2, -0.15) is 0 Å². The van der Waals surface area contributed by atoms with Crippen molar-refractivity contribution in [3.05, 3.63) is 71.6 Å². The summed E-state index contributed by atoms with van der Waals surface area (Å²) < 4.78 is 24.0. The number of halogens is 1. The Kier molecular flexibility index (Phi) is 6.31. The molecule has 0 aliphatic carbocycles. The van der Waals surface area contributed by atoms with Crippen LogP contribution < -0.4 is 19.7 Å². The maximum Gasteiger partial charge on any atom is 0.251 e. The van der Waals surface area contributed by atoms with Crippen LogP contribution in [0.25, 0.3) is 0 Å². The molecular weight excluding hydrogens is 359 g/mol. The largest absolute Gasteiger partial charge is 0.493 e. The Bertz CT molecular complexity index is 852. The van der Waals surface area contributed by atoms with E-state index in [0.29, 0.717) is 23.6 Å². The van der Waals surface area contributed by atoms with Crippen molar-refractivity contribution in [1.82, 2.24) is 5.32 Å². The molecule has 0 saturated heterocycles. The number of carbonyl (C=O) groups is 1. The van der Waals surface area contributed by atoms with E-state index in [9.17, 15) is 9.18 Å². The van der Waals surface area contributed by atoms with Gasteiger partial charge in [0, 0.05) is 17.5 Å². The lowest BCUT2D eigenvalue weighted by atomic mass is 9.91. The van der Waals surface area contributed by atoms with Gasteiger partial charge in [-0.15, -0.1) is 0 Å².